The molecule has 5 heterocycles. The Morgan fingerprint density at radius 3 is 2.72 bits per heavy atom. The van der Waals surface area contributed by atoms with E-state index in [4.69, 9.17) is 25.6 Å². The number of aliphatic hydroxyl groups excluding tert-OH is 1. The average molecular weight is 628 g/mol. The van der Waals surface area contributed by atoms with Gasteiger partial charge >= 0.3 is 6.01 Å². The summed E-state index contributed by atoms with van der Waals surface area (Å²) in [6.07, 6.45) is 15.3. The SMILES string of the molecule is C#Cc1c(F)ccc2cc(OCOC)cc(-c3ncc4c(N5CCC=CCC5)nc(OC[C@@]56CCCN5C[C@@H](O)C6)nc4c3F)c12. The van der Waals surface area contributed by atoms with Crippen molar-refractivity contribution < 1.29 is 28.1 Å². The zero-order chi connectivity index (χ0) is 31.8. The Morgan fingerprint density at radius 1 is 1.11 bits per heavy atom. The third kappa shape index (κ3) is 5.40. The molecule has 46 heavy (non-hydrogen) atoms. The van der Waals surface area contributed by atoms with Crippen molar-refractivity contribution in [3.63, 3.8) is 0 Å². The summed E-state index contributed by atoms with van der Waals surface area (Å²) in [6, 6.07) is 6.18. The first-order chi connectivity index (χ1) is 22.4. The van der Waals surface area contributed by atoms with Gasteiger partial charge in [0, 0.05) is 43.9 Å². The minimum atomic E-state index is -0.715. The number of halogens is 2. The number of nitrogens with zero attached hydrogens (tertiary/aromatic N) is 5. The van der Waals surface area contributed by atoms with E-state index in [1.54, 1.807) is 24.4 Å². The molecule has 3 aliphatic heterocycles. The van der Waals surface area contributed by atoms with Gasteiger partial charge in [0.15, 0.2) is 12.6 Å². The van der Waals surface area contributed by atoms with Crippen LogP contribution in [0.5, 0.6) is 11.8 Å². The zero-order valence-corrected chi connectivity index (χ0v) is 25.6. The monoisotopic (exact) mass is 627 g/mol. The van der Waals surface area contributed by atoms with Gasteiger partial charge in [-0.2, -0.15) is 9.97 Å². The molecule has 2 aromatic heterocycles. The second-order valence-electron chi connectivity index (χ2n) is 12.2. The predicted molar refractivity (Wildman–Crippen MR) is 171 cm³/mol. The van der Waals surface area contributed by atoms with Crippen LogP contribution in [0.4, 0.5) is 14.6 Å². The standard InChI is InChI=1S/C35H35F2N5O4/c1-3-25-28(36)10-9-22-15-24(46-21-44-2)16-26(29(22)25)31-30(37)32-27(18-38-31)33(41-12-6-4-5-7-13-41)40-34(39-32)45-20-35-11-8-14-42(35)19-23(43)17-35/h1,4-5,9-10,15-16,18,23,43H,6-8,11-14,17,19-21H2,2H3/t23-,35-/m0/s1. The van der Waals surface area contributed by atoms with Crippen LogP contribution >= 0.6 is 0 Å². The van der Waals surface area contributed by atoms with Crippen molar-refractivity contribution in [2.24, 2.45) is 0 Å². The van der Waals surface area contributed by atoms with Crippen LogP contribution in [0.2, 0.25) is 0 Å². The van der Waals surface area contributed by atoms with Crippen molar-refractivity contribution in [3.05, 3.63) is 59.8 Å². The van der Waals surface area contributed by atoms with E-state index in [1.807, 2.05) is 0 Å². The van der Waals surface area contributed by atoms with Crippen LogP contribution in [-0.4, -0.2) is 83.3 Å². The van der Waals surface area contributed by atoms with Gasteiger partial charge in [-0.05, 0) is 62.2 Å². The highest BCUT2D eigenvalue weighted by Crippen LogP contribution is 2.41. The maximum atomic E-state index is 16.9. The molecule has 238 valence electrons. The van der Waals surface area contributed by atoms with Crippen LogP contribution in [0.25, 0.3) is 32.9 Å². The number of hydrogen-bond donors (Lipinski definition) is 1. The van der Waals surface area contributed by atoms with E-state index < -0.39 is 17.7 Å². The maximum Gasteiger partial charge on any atom is 0.319 e. The summed E-state index contributed by atoms with van der Waals surface area (Å²) in [5.41, 5.74) is -0.0726. The van der Waals surface area contributed by atoms with Gasteiger partial charge in [0.2, 0.25) is 0 Å². The first-order valence-corrected chi connectivity index (χ1v) is 15.6. The van der Waals surface area contributed by atoms with Crippen molar-refractivity contribution in [1.29, 1.82) is 0 Å². The largest absolute Gasteiger partial charge is 0.468 e. The molecule has 1 N–H and O–H groups in total. The number of fused-ring (bicyclic) bond motifs is 3. The van der Waals surface area contributed by atoms with Gasteiger partial charge in [-0.25, -0.2) is 8.78 Å². The minimum absolute atomic E-state index is 0.00400. The average Bonchev–Trinajstić information content (AvgIpc) is 3.44. The van der Waals surface area contributed by atoms with Crippen LogP contribution in [0.1, 0.15) is 37.7 Å². The number of rotatable bonds is 8. The molecule has 0 spiro atoms. The number of ether oxygens (including phenoxy) is 3. The molecule has 0 saturated carbocycles. The summed E-state index contributed by atoms with van der Waals surface area (Å²) >= 11 is 0. The molecule has 2 fully saturated rings. The summed E-state index contributed by atoms with van der Waals surface area (Å²) in [5, 5.41) is 11.7. The molecular weight excluding hydrogens is 592 g/mol. The summed E-state index contributed by atoms with van der Waals surface area (Å²) in [4.78, 5) is 18.3. The molecule has 3 aliphatic rings. The molecule has 2 saturated heterocycles. The van der Waals surface area contributed by atoms with Crippen LogP contribution in [0.15, 0.2) is 42.6 Å². The predicted octanol–water partition coefficient (Wildman–Crippen LogP) is 5.22. The summed E-state index contributed by atoms with van der Waals surface area (Å²) in [6.45, 7) is 3.12. The number of terminal acetylenes is 1. The quantitative estimate of drug-likeness (QED) is 0.160. The lowest BCUT2D eigenvalue weighted by Gasteiger charge is -2.31. The Bertz CT molecular complexity index is 1870. The second-order valence-corrected chi connectivity index (χ2v) is 12.2. The number of methoxy groups -OCH3 is 1. The molecule has 2 atom stereocenters. The highest BCUT2D eigenvalue weighted by Gasteiger charge is 2.48. The Morgan fingerprint density at radius 2 is 1.93 bits per heavy atom. The van der Waals surface area contributed by atoms with E-state index in [-0.39, 0.29) is 47.3 Å². The van der Waals surface area contributed by atoms with Gasteiger partial charge < -0.3 is 24.2 Å². The van der Waals surface area contributed by atoms with E-state index in [0.29, 0.717) is 53.8 Å². The Kier molecular flexibility index (Phi) is 8.19. The third-order valence-corrected chi connectivity index (χ3v) is 9.28. The van der Waals surface area contributed by atoms with Crippen LogP contribution in [-0.2, 0) is 4.74 Å². The van der Waals surface area contributed by atoms with Crippen molar-refractivity contribution in [2.75, 3.05) is 51.6 Å². The van der Waals surface area contributed by atoms with Gasteiger partial charge in [-0.1, -0.05) is 24.1 Å². The molecule has 4 aromatic rings. The normalized spacial score (nSPS) is 21.5. The van der Waals surface area contributed by atoms with E-state index in [0.717, 1.165) is 32.2 Å². The summed E-state index contributed by atoms with van der Waals surface area (Å²) in [7, 11) is 1.49. The van der Waals surface area contributed by atoms with Gasteiger partial charge in [-0.3, -0.25) is 9.88 Å². The van der Waals surface area contributed by atoms with E-state index in [9.17, 15) is 9.50 Å². The third-order valence-electron chi connectivity index (χ3n) is 9.28. The van der Waals surface area contributed by atoms with Gasteiger partial charge in [0.1, 0.15) is 35.2 Å². The smallest absolute Gasteiger partial charge is 0.319 e. The zero-order valence-electron chi connectivity index (χ0n) is 25.6. The lowest BCUT2D eigenvalue weighted by Crippen LogP contribution is -2.43. The Hall–Kier alpha value is -4.37. The molecule has 2 aromatic carbocycles. The van der Waals surface area contributed by atoms with E-state index >= 15 is 4.39 Å². The first-order valence-electron chi connectivity index (χ1n) is 15.6. The fraction of sp³-hybridized carbons (Fsp3) is 0.400. The highest BCUT2D eigenvalue weighted by molar-refractivity contribution is 6.03. The maximum absolute atomic E-state index is 16.9. The number of pyridine rings is 1. The lowest BCUT2D eigenvalue weighted by molar-refractivity contribution is 0.0512. The van der Waals surface area contributed by atoms with Crippen molar-refractivity contribution >= 4 is 27.5 Å². The first kappa shape index (κ1) is 30.3. The molecule has 0 aliphatic carbocycles. The Balaban J connectivity index is 1.38. The number of hydrogen-bond acceptors (Lipinski definition) is 9. The molecule has 0 bridgehead atoms. The molecule has 0 amide bonds. The van der Waals surface area contributed by atoms with Crippen LogP contribution < -0.4 is 14.4 Å². The Labute approximate surface area is 265 Å². The van der Waals surface area contributed by atoms with Crippen molar-refractivity contribution in [1.82, 2.24) is 19.9 Å². The van der Waals surface area contributed by atoms with Gasteiger partial charge in [-0.15, -0.1) is 6.42 Å². The van der Waals surface area contributed by atoms with Crippen molar-refractivity contribution in [2.45, 2.75) is 43.7 Å². The van der Waals surface area contributed by atoms with Crippen molar-refractivity contribution in [3.8, 4) is 35.4 Å². The fourth-order valence-corrected chi connectivity index (χ4v) is 7.18. The summed E-state index contributed by atoms with van der Waals surface area (Å²) in [5.74, 6) is 2.02. The molecule has 7 rings (SSSR count). The molecule has 0 unspecified atom stereocenters. The lowest BCUT2D eigenvalue weighted by atomic mass is 9.94. The van der Waals surface area contributed by atoms with Crippen LogP contribution in [0.3, 0.4) is 0 Å². The van der Waals surface area contributed by atoms with Gasteiger partial charge in [0.05, 0.1) is 22.6 Å². The van der Waals surface area contributed by atoms with Crippen LogP contribution in [0, 0.1) is 24.0 Å². The molecule has 11 heteroatoms. The molecular formula is C35H35F2N5O4. The second kappa shape index (κ2) is 12.4. The summed E-state index contributed by atoms with van der Waals surface area (Å²) < 4.78 is 49.0. The number of aromatic nitrogens is 3. The fourth-order valence-electron chi connectivity index (χ4n) is 7.18. The van der Waals surface area contributed by atoms with Gasteiger partial charge in [0.25, 0.3) is 0 Å². The minimum Gasteiger partial charge on any atom is -0.468 e. The number of β-amino-alcohol motifs (C(OH)–C–C–N with tert-alkyl or cyclic N) is 1. The van der Waals surface area contributed by atoms with E-state index in [2.05, 4.69) is 37.8 Å². The topological polar surface area (TPSA) is 93.1 Å². The molecule has 9 nitrogen and oxygen atoms in total. The number of anilines is 1. The number of benzene rings is 2. The number of aliphatic hydroxyl groups is 1. The van der Waals surface area contributed by atoms with E-state index in [1.165, 1.54) is 13.2 Å². The molecule has 0 radical (unpaired) electrons. The highest BCUT2D eigenvalue weighted by atomic mass is 19.1.